The summed E-state index contributed by atoms with van der Waals surface area (Å²) >= 11 is 7.29. The summed E-state index contributed by atoms with van der Waals surface area (Å²) in [5.74, 6) is 1.60. The minimum Gasteiger partial charge on any atom is -0.360 e. The van der Waals surface area contributed by atoms with Crippen molar-refractivity contribution >= 4 is 35.1 Å². The highest BCUT2D eigenvalue weighted by Gasteiger charge is 2.21. The maximum atomic E-state index is 12.4. The Kier molecular flexibility index (Phi) is 5.63. The van der Waals surface area contributed by atoms with Gasteiger partial charge in [0.25, 0.3) is 0 Å². The summed E-state index contributed by atoms with van der Waals surface area (Å²) in [4.78, 5) is 12.4. The molecular formula is C17H18ClN5O2S. The van der Waals surface area contributed by atoms with Crippen LogP contribution in [0.3, 0.4) is 0 Å². The fourth-order valence-electron chi connectivity index (χ4n) is 2.34. The van der Waals surface area contributed by atoms with Crippen LogP contribution in [0.1, 0.15) is 19.6 Å². The van der Waals surface area contributed by atoms with Crippen molar-refractivity contribution in [1.29, 1.82) is 0 Å². The van der Waals surface area contributed by atoms with E-state index < -0.39 is 0 Å². The predicted octanol–water partition coefficient (Wildman–Crippen LogP) is 4.03. The quantitative estimate of drug-likeness (QED) is 0.638. The summed E-state index contributed by atoms with van der Waals surface area (Å²) in [6.07, 6.45) is 0. The third-order valence-electron chi connectivity index (χ3n) is 3.67. The van der Waals surface area contributed by atoms with E-state index in [1.807, 2.05) is 42.7 Å². The Morgan fingerprint density at radius 3 is 2.69 bits per heavy atom. The van der Waals surface area contributed by atoms with E-state index in [2.05, 4.69) is 20.7 Å². The number of aromatic nitrogens is 4. The van der Waals surface area contributed by atoms with Gasteiger partial charge in [-0.3, -0.25) is 4.79 Å². The van der Waals surface area contributed by atoms with Gasteiger partial charge < -0.3 is 14.4 Å². The summed E-state index contributed by atoms with van der Waals surface area (Å²) in [7, 11) is 0. The van der Waals surface area contributed by atoms with Crippen molar-refractivity contribution < 1.29 is 9.32 Å². The largest absolute Gasteiger partial charge is 0.360 e. The molecule has 0 spiro atoms. The fraction of sp³-hybridized carbons (Fsp3) is 0.294. The summed E-state index contributed by atoms with van der Waals surface area (Å²) in [5.41, 5.74) is 0.922. The molecule has 0 fully saturated rings. The molecule has 0 saturated heterocycles. The topological polar surface area (TPSA) is 85.8 Å². The molecule has 1 unspecified atom stereocenters. The number of carbonyl (C=O) groups is 1. The highest BCUT2D eigenvalue weighted by molar-refractivity contribution is 8.00. The van der Waals surface area contributed by atoms with Crippen LogP contribution in [0, 0.1) is 6.92 Å². The van der Waals surface area contributed by atoms with E-state index in [9.17, 15) is 4.79 Å². The van der Waals surface area contributed by atoms with Gasteiger partial charge >= 0.3 is 0 Å². The SMILES string of the molecule is CCn1c(SC(C)C(=O)Nc2cc(C)on2)nnc1-c1ccc(Cl)cc1. The van der Waals surface area contributed by atoms with Crippen molar-refractivity contribution in [3.05, 3.63) is 41.1 Å². The van der Waals surface area contributed by atoms with Gasteiger partial charge in [0, 0.05) is 23.2 Å². The number of halogens is 1. The maximum absolute atomic E-state index is 12.4. The van der Waals surface area contributed by atoms with Crippen LogP contribution in [0.15, 0.2) is 40.0 Å². The number of benzene rings is 1. The molecule has 2 heterocycles. The zero-order valence-electron chi connectivity index (χ0n) is 14.6. The van der Waals surface area contributed by atoms with Crippen molar-refractivity contribution in [2.24, 2.45) is 0 Å². The highest BCUT2D eigenvalue weighted by Crippen LogP contribution is 2.28. The lowest BCUT2D eigenvalue weighted by Gasteiger charge is -2.11. The van der Waals surface area contributed by atoms with Gasteiger partial charge in [0.15, 0.2) is 16.8 Å². The highest BCUT2D eigenvalue weighted by atomic mass is 35.5. The van der Waals surface area contributed by atoms with Gasteiger partial charge in [0.1, 0.15) is 5.76 Å². The molecular weight excluding hydrogens is 374 g/mol. The first kappa shape index (κ1) is 18.5. The zero-order valence-corrected chi connectivity index (χ0v) is 16.1. The average molecular weight is 392 g/mol. The molecule has 3 rings (SSSR count). The summed E-state index contributed by atoms with van der Waals surface area (Å²) in [6, 6.07) is 9.09. The number of hydrogen-bond acceptors (Lipinski definition) is 6. The number of thioether (sulfide) groups is 1. The van der Waals surface area contributed by atoms with Crippen LogP contribution < -0.4 is 5.32 Å². The van der Waals surface area contributed by atoms with Crippen LogP contribution in [0.5, 0.6) is 0 Å². The summed E-state index contributed by atoms with van der Waals surface area (Å²) in [5, 5.41) is 16.0. The van der Waals surface area contributed by atoms with Crippen LogP contribution >= 0.6 is 23.4 Å². The second kappa shape index (κ2) is 7.92. The van der Waals surface area contributed by atoms with E-state index in [-0.39, 0.29) is 11.2 Å². The Morgan fingerprint density at radius 1 is 1.35 bits per heavy atom. The predicted molar refractivity (Wildman–Crippen MR) is 101 cm³/mol. The van der Waals surface area contributed by atoms with Crippen LogP contribution in [0.25, 0.3) is 11.4 Å². The van der Waals surface area contributed by atoms with Gasteiger partial charge in [-0.15, -0.1) is 10.2 Å². The van der Waals surface area contributed by atoms with Crippen LogP contribution in [-0.4, -0.2) is 31.1 Å². The van der Waals surface area contributed by atoms with E-state index in [4.69, 9.17) is 16.1 Å². The van der Waals surface area contributed by atoms with Crippen molar-refractivity contribution in [2.75, 3.05) is 5.32 Å². The van der Waals surface area contributed by atoms with Gasteiger partial charge in [-0.25, -0.2) is 0 Å². The van der Waals surface area contributed by atoms with Gasteiger partial charge in [0.2, 0.25) is 5.91 Å². The number of amides is 1. The molecule has 9 heteroatoms. The molecule has 0 aliphatic rings. The van der Waals surface area contributed by atoms with Crippen LogP contribution in [0.2, 0.25) is 5.02 Å². The van der Waals surface area contributed by atoms with Crippen molar-refractivity contribution in [2.45, 2.75) is 37.7 Å². The molecule has 1 atom stereocenters. The van der Waals surface area contributed by atoms with Gasteiger partial charge in [0.05, 0.1) is 5.25 Å². The Bertz CT molecular complexity index is 906. The molecule has 1 amide bonds. The number of rotatable bonds is 6. The molecule has 2 aromatic heterocycles. The Hall–Kier alpha value is -2.32. The van der Waals surface area contributed by atoms with Gasteiger partial charge in [-0.2, -0.15) is 0 Å². The first-order chi connectivity index (χ1) is 12.5. The number of aryl methyl sites for hydroxylation is 1. The van der Waals surface area contributed by atoms with E-state index in [1.165, 1.54) is 11.8 Å². The first-order valence-corrected chi connectivity index (χ1v) is 9.33. The number of nitrogens with zero attached hydrogens (tertiary/aromatic N) is 4. The molecule has 0 bridgehead atoms. The number of hydrogen-bond donors (Lipinski definition) is 1. The Labute approximate surface area is 160 Å². The lowest BCUT2D eigenvalue weighted by Crippen LogP contribution is -2.23. The molecule has 0 aliphatic carbocycles. The minimum atomic E-state index is -0.375. The Morgan fingerprint density at radius 2 is 2.08 bits per heavy atom. The van der Waals surface area contributed by atoms with E-state index in [0.717, 1.165) is 11.4 Å². The van der Waals surface area contributed by atoms with Crippen molar-refractivity contribution in [3.63, 3.8) is 0 Å². The lowest BCUT2D eigenvalue weighted by atomic mass is 10.2. The summed E-state index contributed by atoms with van der Waals surface area (Å²) < 4.78 is 6.92. The normalized spacial score (nSPS) is 12.2. The lowest BCUT2D eigenvalue weighted by molar-refractivity contribution is -0.115. The standard InChI is InChI=1S/C17H18ClN5O2S/c1-4-23-15(12-5-7-13(18)8-6-12)20-21-17(23)26-11(3)16(24)19-14-9-10(2)25-22-14/h5-9,11H,4H2,1-3H3,(H,19,22,24). The zero-order chi connectivity index (χ0) is 18.7. The van der Waals surface area contributed by atoms with Crippen LogP contribution in [0.4, 0.5) is 5.82 Å². The van der Waals surface area contributed by atoms with Crippen LogP contribution in [-0.2, 0) is 11.3 Å². The third kappa shape index (κ3) is 4.08. The monoisotopic (exact) mass is 391 g/mol. The van der Waals surface area contributed by atoms with Gasteiger partial charge in [-0.05, 0) is 45.0 Å². The van der Waals surface area contributed by atoms with Gasteiger partial charge in [-0.1, -0.05) is 28.5 Å². The number of anilines is 1. The molecule has 26 heavy (non-hydrogen) atoms. The fourth-order valence-corrected chi connectivity index (χ4v) is 3.38. The minimum absolute atomic E-state index is 0.179. The van der Waals surface area contributed by atoms with E-state index >= 15 is 0 Å². The molecule has 7 nitrogen and oxygen atoms in total. The Balaban J connectivity index is 1.75. The second-order valence-corrected chi connectivity index (χ2v) is 7.37. The first-order valence-electron chi connectivity index (χ1n) is 8.08. The van der Waals surface area contributed by atoms with E-state index in [1.54, 1.807) is 13.0 Å². The third-order valence-corrected chi connectivity index (χ3v) is 5.00. The second-order valence-electron chi connectivity index (χ2n) is 5.63. The van der Waals surface area contributed by atoms with E-state index in [0.29, 0.717) is 28.3 Å². The molecule has 0 radical (unpaired) electrons. The number of nitrogens with one attached hydrogen (secondary N) is 1. The molecule has 1 aromatic carbocycles. The van der Waals surface area contributed by atoms with Crippen molar-refractivity contribution in [3.8, 4) is 11.4 Å². The molecule has 0 saturated carbocycles. The smallest absolute Gasteiger partial charge is 0.238 e. The molecule has 1 N–H and O–H groups in total. The summed E-state index contributed by atoms with van der Waals surface area (Å²) in [6.45, 7) is 6.27. The maximum Gasteiger partial charge on any atom is 0.238 e. The average Bonchev–Trinajstić information content (AvgIpc) is 3.21. The van der Waals surface area contributed by atoms with Crippen molar-refractivity contribution in [1.82, 2.24) is 19.9 Å². The molecule has 0 aliphatic heterocycles. The molecule has 3 aromatic rings. The number of carbonyl (C=O) groups excluding carboxylic acids is 1. The molecule has 136 valence electrons.